The van der Waals surface area contributed by atoms with E-state index in [4.69, 9.17) is 4.74 Å². The van der Waals surface area contributed by atoms with Crippen molar-refractivity contribution in [2.24, 2.45) is 0 Å². The summed E-state index contributed by atoms with van der Waals surface area (Å²) < 4.78 is 44.5. The molecule has 6 heteroatoms. The molecule has 2 aliphatic rings. The van der Waals surface area contributed by atoms with Crippen LogP contribution < -0.4 is 10.1 Å². The molecular weight excluding hydrogens is 331 g/mol. The molecule has 2 aromatic rings. The first-order valence-corrected chi connectivity index (χ1v) is 8.22. The van der Waals surface area contributed by atoms with E-state index in [0.29, 0.717) is 25.0 Å². The quantitative estimate of drug-likeness (QED) is 0.757. The van der Waals surface area contributed by atoms with Crippen molar-refractivity contribution in [1.82, 2.24) is 0 Å². The van der Waals surface area contributed by atoms with E-state index in [0.717, 1.165) is 47.4 Å². The molecule has 2 aromatic carbocycles. The second kappa shape index (κ2) is 5.79. The summed E-state index contributed by atoms with van der Waals surface area (Å²) in [5.41, 5.74) is 3.77. The summed E-state index contributed by atoms with van der Waals surface area (Å²) in [5.74, 6) is 0.255. The number of fused-ring (bicyclic) bond motifs is 5. The molecule has 2 heterocycles. The highest BCUT2D eigenvalue weighted by Crippen LogP contribution is 2.42. The lowest BCUT2D eigenvalue weighted by molar-refractivity contribution is -0.137. The van der Waals surface area contributed by atoms with Gasteiger partial charge in [-0.15, -0.1) is 0 Å². The van der Waals surface area contributed by atoms with E-state index in [1.165, 1.54) is 6.07 Å². The molecule has 0 aliphatic carbocycles. The zero-order chi connectivity index (χ0) is 17.6. The smallest absolute Gasteiger partial charge is 0.416 e. The van der Waals surface area contributed by atoms with Crippen LogP contribution in [0.1, 0.15) is 29.5 Å². The molecule has 25 heavy (non-hydrogen) atoms. The Morgan fingerprint density at radius 3 is 2.56 bits per heavy atom. The number of carbonyl (C=O) groups is 1. The number of hydrogen-bond acceptors (Lipinski definition) is 2. The third-order valence-electron chi connectivity index (χ3n) is 4.74. The Hall–Kier alpha value is -2.50. The molecule has 0 aromatic heterocycles. The van der Waals surface area contributed by atoms with Crippen molar-refractivity contribution < 1.29 is 22.7 Å². The molecule has 0 saturated heterocycles. The zero-order valence-corrected chi connectivity index (χ0v) is 13.4. The first-order chi connectivity index (χ1) is 11.9. The number of carbonyl (C=O) groups excluding carboxylic acids is 1. The van der Waals surface area contributed by atoms with Gasteiger partial charge in [0.25, 0.3) is 0 Å². The lowest BCUT2D eigenvalue weighted by Crippen LogP contribution is -2.10. The lowest BCUT2D eigenvalue weighted by atomic mass is 9.90. The number of benzene rings is 2. The van der Waals surface area contributed by atoms with Crippen LogP contribution in [0.5, 0.6) is 5.75 Å². The highest BCUT2D eigenvalue weighted by atomic mass is 19.4. The van der Waals surface area contributed by atoms with Gasteiger partial charge in [-0.2, -0.15) is 13.2 Å². The average molecular weight is 347 g/mol. The Bertz CT molecular complexity index is 858. The Kier molecular flexibility index (Phi) is 3.71. The molecule has 0 bridgehead atoms. The second-order valence-electron chi connectivity index (χ2n) is 6.33. The van der Waals surface area contributed by atoms with E-state index in [1.807, 2.05) is 12.1 Å². The molecule has 0 atom stereocenters. The van der Waals surface area contributed by atoms with Gasteiger partial charge in [0.2, 0.25) is 5.91 Å². The summed E-state index contributed by atoms with van der Waals surface area (Å²) in [6, 6.07) is 7.33. The molecule has 0 saturated carbocycles. The third kappa shape index (κ3) is 2.86. The summed E-state index contributed by atoms with van der Waals surface area (Å²) in [4.78, 5) is 11.8. The van der Waals surface area contributed by atoms with Crippen LogP contribution in [0.4, 0.5) is 18.9 Å². The Labute approximate surface area is 142 Å². The molecular formula is C19H16F3NO2. The second-order valence-corrected chi connectivity index (χ2v) is 6.33. The minimum absolute atomic E-state index is 0.00112. The number of anilines is 1. The Morgan fingerprint density at radius 1 is 0.960 bits per heavy atom. The van der Waals surface area contributed by atoms with E-state index in [1.54, 1.807) is 0 Å². The van der Waals surface area contributed by atoms with Gasteiger partial charge >= 0.3 is 6.18 Å². The molecule has 130 valence electrons. The minimum atomic E-state index is -4.40. The predicted octanol–water partition coefficient (Wildman–Crippen LogP) is 4.58. The summed E-state index contributed by atoms with van der Waals surface area (Å²) >= 11 is 0. The van der Waals surface area contributed by atoms with Crippen molar-refractivity contribution in [3.8, 4) is 16.9 Å². The largest absolute Gasteiger partial charge is 0.493 e. The molecule has 3 nitrogen and oxygen atoms in total. The van der Waals surface area contributed by atoms with Crippen LogP contribution in [0.2, 0.25) is 0 Å². The van der Waals surface area contributed by atoms with E-state index in [9.17, 15) is 18.0 Å². The Morgan fingerprint density at radius 2 is 1.76 bits per heavy atom. The van der Waals surface area contributed by atoms with Gasteiger partial charge in [-0.1, -0.05) is 12.1 Å². The van der Waals surface area contributed by atoms with Crippen molar-refractivity contribution in [2.45, 2.75) is 31.9 Å². The highest BCUT2D eigenvalue weighted by Gasteiger charge is 2.32. The SMILES string of the molecule is O=C1CCCc2c(ccc3c2CCOc2cc(C(F)(F)F)ccc2-3)N1. The molecule has 0 fully saturated rings. The summed E-state index contributed by atoms with van der Waals surface area (Å²) in [6.07, 6.45) is -1.79. The molecule has 1 amide bonds. The minimum Gasteiger partial charge on any atom is -0.493 e. The van der Waals surface area contributed by atoms with Crippen molar-refractivity contribution in [1.29, 1.82) is 0 Å². The average Bonchev–Trinajstić information content (AvgIpc) is 2.86. The number of ether oxygens (including phenoxy) is 1. The molecule has 4 rings (SSSR count). The van der Waals surface area contributed by atoms with Crippen LogP contribution >= 0.6 is 0 Å². The molecule has 2 aliphatic heterocycles. The first-order valence-electron chi connectivity index (χ1n) is 8.22. The normalized spacial score (nSPS) is 16.5. The maximum atomic E-state index is 13.0. The number of rotatable bonds is 0. The molecule has 0 radical (unpaired) electrons. The van der Waals surface area contributed by atoms with Gasteiger partial charge < -0.3 is 10.1 Å². The predicted molar refractivity (Wildman–Crippen MR) is 87.6 cm³/mol. The maximum Gasteiger partial charge on any atom is 0.416 e. The number of alkyl halides is 3. The number of hydrogen-bond donors (Lipinski definition) is 1. The molecule has 0 unspecified atom stereocenters. The van der Waals surface area contributed by atoms with E-state index in [-0.39, 0.29) is 11.7 Å². The van der Waals surface area contributed by atoms with Gasteiger partial charge in [0.05, 0.1) is 12.2 Å². The summed E-state index contributed by atoms with van der Waals surface area (Å²) in [6.45, 7) is 0.311. The van der Waals surface area contributed by atoms with Crippen LogP contribution in [0.25, 0.3) is 11.1 Å². The van der Waals surface area contributed by atoms with Crippen LogP contribution in [0, 0.1) is 0 Å². The van der Waals surface area contributed by atoms with Crippen molar-refractivity contribution in [3.05, 3.63) is 47.0 Å². The molecule has 0 spiro atoms. The van der Waals surface area contributed by atoms with Gasteiger partial charge in [0.1, 0.15) is 5.75 Å². The van der Waals surface area contributed by atoms with Gasteiger partial charge in [0, 0.05) is 24.1 Å². The summed E-state index contributed by atoms with van der Waals surface area (Å²) in [5, 5.41) is 2.92. The Balaban J connectivity index is 1.86. The van der Waals surface area contributed by atoms with E-state index < -0.39 is 11.7 Å². The van der Waals surface area contributed by atoms with Crippen molar-refractivity contribution in [2.75, 3.05) is 11.9 Å². The first kappa shape index (κ1) is 16.0. The number of amides is 1. The number of nitrogens with one attached hydrogen (secondary N) is 1. The van der Waals surface area contributed by atoms with Gasteiger partial charge in [-0.05, 0) is 47.7 Å². The van der Waals surface area contributed by atoms with Crippen LogP contribution in [0.15, 0.2) is 30.3 Å². The number of halogens is 3. The molecule has 1 N–H and O–H groups in total. The van der Waals surface area contributed by atoms with E-state index >= 15 is 0 Å². The van der Waals surface area contributed by atoms with Crippen molar-refractivity contribution in [3.63, 3.8) is 0 Å². The third-order valence-corrected chi connectivity index (χ3v) is 4.74. The lowest BCUT2D eigenvalue weighted by Gasteiger charge is -2.16. The monoisotopic (exact) mass is 347 g/mol. The topological polar surface area (TPSA) is 38.3 Å². The highest BCUT2D eigenvalue weighted by molar-refractivity contribution is 5.93. The van der Waals surface area contributed by atoms with Gasteiger partial charge in [-0.3, -0.25) is 4.79 Å². The zero-order valence-electron chi connectivity index (χ0n) is 13.4. The standard InChI is InChI=1S/C19H16F3NO2/c20-19(21,22)11-4-5-15-12-6-7-16-14(2-1-3-18(24)23-16)13(12)8-9-25-17(15)10-11/h4-7,10H,1-3,8-9H2,(H,23,24). The van der Waals surface area contributed by atoms with Crippen molar-refractivity contribution >= 4 is 11.6 Å². The van der Waals surface area contributed by atoms with E-state index in [2.05, 4.69) is 5.32 Å². The fourth-order valence-electron chi connectivity index (χ4n) is 3.58. The van der Waals surface area contributed by atoms with Gasteiger partial charge in [-0.25, -0.2) is 0 Å². The maximum absolute atomic E-state index is 13.0. The summed E-state index contributed by atoms with van der Waals surface area (Å²) in [7, 11) is 0. The van der Waals surface area contributed by atoms with Crippen LogP contribution in [0.3, 0.4) is 0 Å². The van der Waals surface area contributed by atoms with Gasteiger partial charge in [0.15, 0.2) is 0 Å². The fraction of sp³-hybridized carbons (Fsp3) is 0.316. The van der Waals surface area contributed by atoms with Crippen LogP contribution in [-0.2, 0) is 23.8 Å². The fourth-order valence-corrected chi connectivity index (χ4v) is 3.58. The van der Waals surface area contributed by atoms with Crippen LogP contribution in [-0.4, -0.2) is 12.5 Å².